The quantitative estimate of drug-likeness (QED) is 0.188. The van der Waals surface area contributed by atoms with E-state index in [1.165, 1.54) is 5.56 Å². The molecule has 0 bridgehead atoms. The Labute approximate surface area is 219 Å². The van der Waals surface area contributed by atoms with Crippen molar-refractivity contribution in [2.24, 2.45) is 0 Å². The first-order valence-corrected chi connectivity index (χ1v) is 12.4. The Kier molecular flexibility index (Phi) is 8.98. The van der Waals surface area contributed by atoms with Crippen LogP contribution in [-0.4, -0.2) is 31.8 Å². The number of hydrogen-bond acceptors (Lipinski definition) is 6. The van der Waals surface area contributed by atoms with E-state index >= 15 is 0 Å². The molecule has 0 fully saturated rings. The largest absolute Gasteiger partial charge is 0.490 e. The molecule has 0 radical (unpaired) electrons. The summed E-state index contributed by atoms with van der Waals surface area (Å²) < 4.78 is 22.2. The summed E-state index contributed by atoms with van der Waals surface area (Å²) in [5.74, 6) is 0.212. The topological polar surface area (TPSA) is 71.1 Å². The van der Waals surface area contributed by atoms with Crippen LogP contribution in [0.2, 0.25) is 0 Å². The summed E-state index contributed by atoms with van der Waals surface area (Å²) in [5, 5.41) is 0. The van der Waals surface area contributed by atoms with Gasteiger partial charge in [-0.15, -0.1) is 0 Å². The van der Waals surface area contributed by atoms with E-state index in [2.05, 4.69) is 47.6 Å². The third-order valence-electron chi connectivity index (χ3n) is 5.66. The van der Waals surface area contributed by atoms with Gasteiger partial charge < -0.3 is 18.9 Å². The van der Waals surface area contributed by atoms with Crippen molar-refractivity contribution in [3.63, 3.8) is 0 Å². The first kappa shape index (κ1) is 27.8. The van der Waals surface area contributed by atoms with Crippen molar-refractivity contribution in [3.8, 4) is 17.2 Å². The van der Waals surface area contributed by atoms with Gasteiger partial charge in [0, 0.05) is 0 Å². The molecule has 0 spiro atoms. The fourth-order valence-electron chi connectivity index (χ4n) is 3.61. The van der Waals surface area contributed by atoms with Gasteiger partial charge in [-0.05, 0) is 52.3 Å². The highest BCUT2D eigenvalue weighted by atomic mass is 16.6. The molecule has 0 aromatic heterocycles. The average Bonchev–Trinajstić information content (AvgIpc) is 2.85. The van der Waals surface area contributed by atoms with Crippen molar-refractivity contribution < 1.29 is 28.5 Å². The van der Waals surface area contributed by atoms with Crippen LogP contribution >= 0.6 is 0 Å². The smallest absolute Gasteiger partial charge is 0.349 e. The van der Waals surface area contributed by atoms with Crippen molar-refractivity contribution in [2.45, 2.75) is 52.4 Å². The van der Waals surface area contributed by atoms with E-state index in [1.807, 2.05) is 42.5 Å². The van der Waals surface area contributed by atoms with Crippen LogP contribution in [0.15, 0.2) is 72.8 Å². The molecule has 0 aliphatic heterocycles. The van der Waals surface area contributed by atoms with E-state index in [4.69, 9.17) is 18.9 Å². The predicted octanol–water partition coefficient (Wildman–Crippen LogP) is 6.50. The molecule has 0 N–H and O–H groups in total. The van der Waals surface area contributed by atoms with E-state index in [0.717, 1.165) is 5.56 Å². The number of ether oxygens (including phenoxy) is 4. The van der Waals surface area contributed by atoms with Gasteiger partial charge in [0.05, 0.1) is 0 Å². The molecule has 3 aromatic carbocycles. The number of carbonyl (C=O) groups is 2. The van der Waals surface area contributed by atoms with Gasteiger partial charge in [0.1, 0.15) is 36.0 Å². The van der Waals surface area contributed by atoms with E-state index in [0.29, 0.717) is 11.5 Å². The van der Waals surface area contributed by atoms with Crippen LogP contribution in [0.4, 0.5) is 0 Å². The zero-order valence-electron chi connectivity index (χ0n) is 22.5. The molecule has 3 rings (SSSR count). The lowest BCUT2D eigenvalue weighted by atomic mass is 9.80. The molecule has 0 aliphatic carbocycles. The molecule has 37 heavy (non-hydrogen) atoms. The minimum atomic E-state index is -0.618. The number of para-hydroxylation sites is 2. The van der Waals surface area contributed by atoms with Gasteiger partial charge in [0.15, 0.2) is 6.61 Å². The fraction of sp³-hybridized carbons (Fsp3) is 0.355. The number of hydrogen-bond donors (Lipinski definition) is 0. The Balaban J connectivity index is 1.60. The maximum atomic E-state index is 12.6. The van der Waals surface area contributed by atoms with Crippen LogP contribution in [-0.2, 0) is 20.4 Å². The molecular formula is C31H36O6. The van der Waals surface area contributed by atoms with Crippen LogP contribution in [0.3, 0.4) is 0 Å². The average molecular weight is 505 g/mol. The fourth-order valence-corrected chi connectivity index (χ4v) is 3.61. The number of benzene rings is 3. The molecule has 196 valence electrons. The van der Waals surface area contributed by atoms with Crippen LogP contribution in [0.1, 0.15) is 63.0 Å². The van der Waals surface area contributed by atoms with E-state index in [1.54, 1.807) is 24.3 Å². The molecular weight excluding hydrogens is 468 g/mol. The zero-order valence-corrected chi connectivity index (χ0v) is 22.5. The molecule has 3 aromatic rings. The molecule has 0 aliphatic rings. The minimum absolute atomic E-state index is 0.0105. The third-order valence-corrected chi connectivity index (χ3v) is 5.66. The summed E-state index contributed by atoms with van der Waals surface area (Å²) in [5.41, 5.74) is 2.16. The predicted molar refractivity (Wildman–Crippen MR) is 144 cm³/mol. The van der Waals surface area contributed by atoms with Crippen molar-refractivity contribution in [2.75, 3.05) is 19.8 Å². The van der Waals surface area contributed by atoms with E-state index < -0.39 is 11.9 Å². The van der Waals surface area contributed by atoms with E-state index in [-0.39, 0.29) is 42.0 Å². The summed E-state index contributed by atoms with van der Waals surface area (Å²) >= 11 is 0. The number of carbonyl (C=O) groups excluding carboxylic acids is 2. The SMILES string of the molecule is CC(C)(C)c1ccc(OCC(=O)Oc2ccccc2C(=O)OCCOc2ccccc2)c(C(C)(C)C)c1. The molecule has 0 saturated heterocycles. The van der Waals surface area contributed by atoms with Crippen LogP contribution < -0.4 is 14.2 Å². The first-order valence-electron chi connectivity index (χ1n) is 12.4. The van der Waals surface area contributed by atoms with Crippen LogP contribution in [0, 0.1) is 0 Å². The molecule has 0 amide bonds. The Bertz CT molecular complexity index is 1200. The van der Waals surface area contributed by atoms with Crippen molar-refractivity contribution >= 4 is 11.9 Å². The first-order chi connectivity index (χ1) is 17.4. The van der Waals surface area contributed by atoms with Crippen LogP contribution in [0.5, 0.6) is 17.2 Å². The summed E-state index contributed by atoms with van der Waals surface area (Å²) in [6.45, 7) is 12.7. The highest BCUT2D eigenvalue weighted by Gasteiger charge is 2.24. The Hall–Kier alpha value is -3.80. The second kappa shape index (κ2) is 12.0. The van der Waals surface area contributed by atoms with E-state index in [9.17, 15) is 9.59 Å². The molecule has 0 atom stereocenters. The molecule has 6 heteroatoms. The monoisotopic (exact) mass is 504 g/mol. The third kappa shape index (κ3) is 8.10. The van der Waals surface area contributed by atoms with Gasteiger partial charge >= 0.3 is 11.9 Å². The van der Waals surface area contributed by atoms with Gasteiger partial charge in [-0.1, -0.05) is 84.0 Å². The standard InChI is InChI=1S/C31H36O6/c1-30(2,3)22-16-17-27(25(20-22)31(4,5)6)36-21-28(32)37-26-15-11-10-14-24(26)29(33)35-19-18-34-23-12-8-7-9-13-23/h7-17,20H,18-19,21H2,1-6H3. The van der Waals surface area contributed by atoms with Gasteiger partial charge in [0.2, 0.25) is 0 Å². The van der Waals surface area contributed by atoms with Crippen molar-refractivity contribution in [3.05, 3.63) is 89.5 Å². The molecule has 0 saturated carbocycles. The van der Waals surface area contributed by atoms with Gasteiger partial charge in [-0.25, -0.2) is 9.59 Å². The second-order valence-electron chi connectivity index (χ2n) is 10.8. The number of esters is 2. The number of rotatable bonds is 9. The summed E-state index contributed by atoms with van der Waals surface area (Å²) in [6.07, 6.45) is 0. The Morgan fingerprint density at radius 2 is 1.38 bits per heavy atom. The Morgan fingerprint density at radius 3 is 2.05 bits per heavy atom. The normalized spacial score (nSPS) is 11.5. The van der Waals surface area contributed by atoms with Crippen molar-refractivity contribution in [1.82, 2.24) is 0 Å². The summed E-state index contributed by atoms with van der Waals surface area (Å²) in [7, 11) is 0. The molecule has 6 nitrogen and oxygen atoms in total. The molecule has 0 unspecified atom stereocenters. The van der Waals surface area contributed by atoms with Crippen LogP contribution in [0.25, 0.3) is 0 Å². The second-order valence-corrected chi connectivity index (χ2v) is 10.8. The lowest BCUT2D eigenvalue weighted by molar-refractivity contribution is -0.136. The minimum Gasteiger partial charge on any atom is -0.490 e. The lowest BCUT2D eigenvalue weighted by Gasteiger charge is -2.27. The summed E-state index contributed by atoms with van der Waals surface area (Å²) in [4.78, 5) is 25.3. The maximum absolute atomic E-state index is 12.6. The highest BCUT2D eigenvalue weighted by Crippen LogP contribution is 2.35. The van der Waals surface area contributed by atoms with Gasteiger partial charge in [0.25, 0.3) is 0 Å². The maximum Gasteiger partial charge on any atom is 0.349 e. The van der Waals surface area contributed by atoms with Gasteiger partial charge in [-0.2, -0.15) is 0 Å². The Morgan fingerprint density at radius 1 is 0.703 bits per heavy atom. The van der Waals surface area contributed by atoms with Gasteiger partial charge in [-0.3, -0.25) is 0 Å². The zero-order chi connectivity index (χ0) is 27.1. The van der Waals surface area contributed by atoms with Crippen molar-refractivity contribution in [1.29, 1.82) is 0 Å². The summed E-state index contributed by atoms with van der Waals surface area (Å²) in [6, 6.07) is 21.8. The highest BCUT2D eigenvalue weighted by molar-refractivity contribution is 5.93. The molecule has 0 heterocycles. The lowest BCUT2D eigenvalue weighted by Crippen LogP contribution is -2.22.